The molecule has 0 fully saturated rings. The number of halogens is 1. The largest absolute Gasteiger partial charge is 0.495 e. The molecule has 1 amide bonds. The molecule has 1 aromatic carbocycles. The number of aliphatic hydroxyl groups is 1. The summed E-state index contributed by atoms with van der Waals surface area (Å²) in [6, 6.07) is 6.53. The van der Waals surface area contributed by atoms with Crippen molar-refractivity contribution in [1.82, 2.24) is 5.32 Å². The summed E-state index contributed by atoms with van der Waals surface area (Å²) in [7, 11) is 1.49. The van der Waals surface area contributed by atoms with Gasteiger partial charge in [0.25, 0.3) is 5.91 Å². The number of nitrogens with zero attached hydrogens (tertiary/aromatic N) is 1. The van der Waals surface area contributed by atoms with E-state index >= 15 is 0 Å². The average Bonchev–Trinajstić information content (AvgIpc) is 2.43. The third-order valence-electron chi connectivity index (χ3n) is 2.43. The number of rotatable bonds is 6. The first kappa shape index (κ1) is 16.8. The number of hydrogen-bond acceptors (Lipinski definition) is 5. The van der Waals surface area contributed by atoms with Crippen LogP contribution in [0.25, 0.3) is 0 Å². The fourth-order valence-corrected chi connectivity index (χ4v) is 1.68. The molecule has 21 heavy (non-hydrogen) atoms. The second-order valence-electron chi connectivity index (χ2n) is 4.23. The number of nitrogens with one attached hydrogen (secondary N) is 2. The molecule has 1 unspecified atom stereocenters. The number of carbonyl (C=O) groups excluding carboxylic acids is 1. The normalized spacial score (nSPS) is 12.2. The zero-order valence-electron chi connectivity index (χ0n) is 11.7. The van der Waals surface area contributed by atoms with Crippen molar-refractivity contribution in [3.05, 3.63) is 35.0 Å². The first-order valence-corrected chi connectivity index (χ1v) is 6.52. The van der Waals surface area contributed by atoms with E-state index in [1.54, 1.807) is 25.1 Å². The maximum Gasteiger partial charge on any atom is 0.267 e. The van der Waals surface area contributed by atoms with E-state index < -0.39 is 12.0 Å². The van der Waals surface area contributed by atoms with Crippen molar-refractivity contribution in [2.24, 2.45) is 0 Å². The molecule has 0 radical (unpaired) electrons. The summed E-state index contributed by atoms with van der Waals surface area (Å²) in [5.74, 6) is -0.0823. The van der Waals surface area contributed by atoms with Crippen molar-refractivity contribution in [2.45, 2.75) is 13.0 Å². The number of benzene rings is 1. The highest BCUT2D eigenvalue weighted by Crippen LogP contribution is 2.27. The van der Waals surface area contributed by atoms with Gasteiger partial charge >= 0.3 is 0 Å². The van der Waals surface area contributed by atoms with E-state index in [4.69, 9.17) is 26.7 Å². The van der Waals surface area contributed by atoms with Crippen LogP contribution in [0.15, 0.2) is 30.0 Å². The van der Waals surface area contributed by atoms with Crippen LogP contribution in [0.5, 0.6) is 5.75 Å². The second kappa shape index (κ2) is 8.15. The Morgan fingerprint density at radius 1 is 1.62 bits per heavy atom. The van der Waals surface area contributed by atoms with E-state index in [1.165, 1.54) is 19.4 Å². The van der Waals surface area contributed by atoms with Crippen LogP contribution in [-0.2, 0) is 4.79 Å². The number of hydrogen-bond donors (Lipinski definition) is 3. The van der Waals surface area contributed by atoms with Crippen LogP contribution in [0, 0.1) is 11.3 Å². The summed E-state index contributed by atoms with van der Waals surface area (Å²) in [4.78, 5) is 11.9. The molecule has 6 nitrogen and oxygen atoms in total. The highest BCUT2D eigenvalue weighted by Gasteiger charge is 2.10. The number of amides is 1. The Balaban J connectivity index is 2.74. The summed E-state index contributed by atoms with van der Waals surface area (Å²) < 4.78 is 5.01. The van der Waals surface area contributed by atoms with E-state index in [-0.39, 0.29) is 12.1 Å². The van der Waals surface area contributed by atoms with E-state index in [0.29, 0.717) is 16.5 Å². The van der Waals surface area contributed by atoms with Crippen LogP contribution < -0.4 is 15.4 Å². The summed E-state index contributed by atoms with van der Waals surface area (Å²) >= 11 is 5.95. The van der Waals surface area contributed by atoms with E-state index in [1.807, 2.05) is 0 Å². The molecular formula is C14H16ClN3O3. The van der Waals surface area contributed by atoms with Gasteiger partial charge in [-0.2, -0.15) is 5.26 Å². The van der Waals surface area contributed by atoms with Crippen LogP contribution >= 0.6 is 11.6 Å². The standard InChI is InChI=1S/C14H16ClN3O3/c1-9(19)7-17-8-10(6-16)14(20)18-11-3-4-13(21-2)12(15)5-11/h3-5,8-9,17,19H,7H2,1-2H3,(H,18,20)/b10-8-. The van der Waals surface area contributed by atoms with Crippen LogP contribution in [0.2, 0.25) is 5.02 Å². The lowest BCUT2D eigenvalue weighted by atomic mass is 10.2. The SMILES string of the molecule is COc1ccc(NC(=O)/C(C#N)=C\NCC(C)O)cc1Cl. The maximum absolute atomic E-state index is 11.9. The third kappa shape index (κ3) is 5.34. The van der Waals surface area contributed by atoms with Gasteiger partial charge in [-0.15, -0.1) is 0 Å². The minimum Gasteiger partial charge on any atom is -0.495 e. The summed E-state index contributed by atoms with van der Waals surface area (Å²) in [5.41, 5.74) is 0.338. The van der Waals surface area contributed by atoms with E-state index in [9.17, 15) is 4.79 Å². The Bertz CT molecular complexity index is 579. The van der Waals surface area contributed by atoms with Crippen molar-refractivity contribution >= 4 is 23.2 Å². The van der Waals surface area contributed by atoms with Gasteiger partial charge in [-0.05, 0) is 25.1 Å². The summed E-state index contributed by atoms with van der Waals surface area (Å²) in [5, 5.41) is 23.6. The highest BCUT2D eigenvalue weighted by molar-refractivity contribution is 6.32. The number of nitriles is 1. The zero-order chi connectivity index (χ0) is 15.8. The number of methoxy groups -OCH3 is 1. The van der Waals surface area contributed by atoms with Gasteiger partial charge in [0.05, 0.1) is 18.2 Å². The molecule has 0 spiro atoms. The molecule has 1 atom stereocenters. The minimum atomic E-state index is -0.579. The molecular weight excluding hydrogens is 294 g/mol. The van der Waals surface area contributed by atoms with Gasteiger partial charge in [0, 0.05) is 18.4 Å². The Morgan fingerprint density at radius 2 is 2.33 bits per heavy atom. The molecule has 0 saturated heterocycles. The summed E-state index contributed by atoms with van der Waals surface area (Å²) in [6.07, 6.45) is 0.678. The molecule has 0 aliphatic carbocycles. The molecule has 0 aliphatic rings. The lowest BCUT2D eigenvalue weighted by Crippen LogP contribution is -2.22. The van der Waals surface area contributed by atoms with Gasteiger partial charge in [0.1, 0.15) is 17.4 Å². The average molecular weight is 310 g/mol. The molecule has 0 aliphatic heterocycles. The Morgan fingerprint density at radius 3 is 2.86 bits per heavy atom. The highest BCUT2D eigenvalue weighted by atomic mass is 35.5. The molecule has 0 saturated carbocycles. The third-order valence-corrected chi connectivity index (χ3v) is 2.73. The molecule has 0 bridgehead atoms. The number of aliphatic hydroxyl groups excluding tert-OH is 1. The van der Waals surface area contributed by atoms with Crippen molar-refractivity contribution < 1.29 is 14.6 Å². The fourth-order valence-electron chi connectivity index (χ4n) is 1.42. The monoisotopic (exact) mass is 309 g/mol. The number of anilines is 1. The molecule has 3 N–H and O–H groups in total. The number of ether oxygens (including phenoxy) is 1. The van der Waals surface area contributed by atoms with Crippen molar-refractivity contribution in [3.63, 3.8) is 0 Å². The van der Waals surface area contributed by atoms with Crippen LogP contribution in [0.1, 0.15) is 6.92 Å². The molecule has 0 aromatic heterocycles. The Labute approximate surface area is 128 Å². The molecule has 1 rings (SSSR count). The minimum absolute atomic E-state index is 0.109. The Kier molecular flexibility index (Phi) is 6.53. The van der Waals surface area contributed by atoms with Gasteiger partial charge in [-0.3, -0.25) is 4.79 Å². The molecule has 1 aromatic rings. The fraction of sp³-hybridized carbons (Fsp3) is 0.286. The van der Waals surface area contributed by atoms with E-state index in [2.05, 4.69) is 10.6 Å². The lowest BCUT2D eigenvalue weighted by Gasteiger charge is -2.08. The maximum atomic E-state index is 11.9. The quantitative estimate of drug-likeness (QED) is 0.549. The molecule has 112 valence electrons. The topological polar surface area (TPSA) is 94.4 Å². The Hall–Kier alpha value is -2.23. The predicted octanol–water partition coefficient (Wildman–Crippen LogP) is 1.66. The zero-order valence-corrected chi connectivity index (χ0v) is 12.4. The first-order chi connectivity index (χ1) is 9.97. The van der Waals surface area contributed by atoms with Crippen LogP contribution in [0.4, 0.5) is 5.69 Å². The number of carbonyl (C=O) groups is 1. The second-order valence-corrected chi connectivity index (χ2v) is 4.64. The van der Waals surface area contributed by atoms with Gasteiger partial charge < -0.3 is 20.5 Å². The smallest absolute Gasteiger partial charge is 0.267 e. The van der Waals surface area contributed by atoms with Gasteiger partial charge in [-0.25, -0.2) is 0 Å². The molecule has 7 heteroatoms. The summed E-state index contributed by atoms with van der Waals surface area (Å²) in [6.45, 7) is 1.83. The van der Waals surface area contributed by atoms with Gasteiger partial charge in [0.2, 0.25) is 0 Å². The van der Waals surface area contributed by atoms with Crippen LogP contribution in [-0.4, -0.2) is 30.8 Å². The predicted molar refractivity (Wildman–Crippen MR) is 80.0 cm³/mol. The lowest BCUT2D eigenvalue weighted by molar-refractivity contribution is -0.112. The first-order valence-electron chi connectivity index (χ1n) is 6.14. The van der Waals surface area contributed by atoms with E-state index in [0.717, 1.165) is 0 Å². The van der Waals surface area contributed by atoms with Gasteiger partial charge in [-0.1, -0.05) is 11.6 Å². The molecule has 0 heterocycles. The van der Waals surface area contributed by atoms with Crippen LogP contribution in [0.3, 0.4) is 0 Å². The van der Waals surface area contributed by atoms with Gasteiger partial charge in [0.15, 0.2) is 0 Å². The van der Waals surface area contributed by atoms with Crippen molar-refractivity contribution in [3.8, 4) is 11.8 Å². The van der Waals surface area contributed by atoms with Crippen molar-refractivity contribution in [1.29, 1.82) is 5.26 Å². The van der Waals surface area contributed by atoms with Crippen molar-refractivity contribution in [2.75, 3.05) is 19.0 Å².